The van der Waals surface area contributed by atoms with Crippen LogP contribution in [-0.4, -0.2) is 9.97 Å². The van der Waals surface area contributed by atoms with Crippen LogP contribution in [-0.2, 0) is 0 Å². The lowest BCUT2D eigenvalue weighted by molar-refractivity contribution is 1.11. The van der Waals surface area contributed by atoms with E-state index >= 15 is 0 Å². The summed E-state index contributed by atoms with van der Waals surface area (Å²) in [4.78, 5) is 9.01. The van der Waals surface area contributed by atoms with Gasteiger partial charge < -0.3 is 5.32 Å². The maximum absolute atomic E-state index is 4.58. The first-order valence-corrected chi connectivity index (χ1v) is 6.54. The highest BCUT2D eigenvalue weighted by Crippen LogP contribution is 2.20. The van der Waals surface area contributed by atoms with E-state index < -0.39 is 0 Å². The summed E-state index contributed by atoms with van der Waals surface area (Å²) in [5.74, 6) is 0.620. The van der Waals surface area contributed by atoms with Crippen LogP contribution >= 0.6 is 0 Å². The summed E-state index contributed by atoms with van der Waals surface area (Å²) >= 11 is 0. The predicted molar refractivity (Wildman–Crippen MR) is 81.9 cm³/mol. The number of benzene rings is 2. The van der Waals surface area contributed by atoms with E-state index in [1.165, 1.54) is 0 Å². The molecule has 0 saturated heterocycles. The lowest BCUT2D eigenvalue weighted by Crippen LogP contribution is -1.99. The highest BCUT2D eigenvalue weighted by Gasteiger charge is 2.04. The number of hydrogen-bond acceptors (Lipinski definition) is 3. The highest BCUT2D eigenvalue weighted by atomic mass is 15.1. The molecule has 20 heavy (non-hydrogen) atoms. The van der Waals surface area contributed by atoms with Gasteiger partial charge in [0.15, 0.2) is 0 Å². The van der Waals surface area contributed by atoms with Gasteiger partial charge in [0.05, 0.1) is 5.69 Å². The molecule has 3 aromatic rings. The molecule has 1 aromatic heterocycles. The van der Waals surface area contributed by atoms with Crippen molar-refractivity contribution in [1.29, 1.82) is 0 Å². The topological polar surface area (TPSA) is 37.8 Å². The van der Waals surface area contributed by atoms with Gasteiger partial charge in [-0.05, 0) is 25.1 Å². The van der Waals surface area contributed by atoms with Gasteiger partial charge in [-0.2, -0.15) is 0 Å². The standard InChI is InChI=1S/C17H15N3/c1-13-12-16(14-8-4-2-5-9-14)20-17(18-13)19-15-10-6-3-7-11-15/h2-12H,1H3,(H,18,19,20). The second-order valence-electron chi connectivity index (χ2n) is 4.58. The van der Waals surface area contributed by atoms with Crippen molar-refractivity contribution in [3.05, 3.63) is 72.4 Å². The first-order chi connectivity index (χ1) is 9.81. The molecule has 0 radical (unpaired) electrons. The van der Waals surface area contributed by atoms with Crippen LogP contribution in [0, 0.1) is 6.92 Å². The molecule has 1 N–H and O–H groups in total. The van der Waals surface area contributed by atoms with E-state index in [2.05, 4.69) is 15.3 Å². The van der Waals surface area contributed by atoms with Crippen molar-refractivity contribution >= 4 is 11.6 Å². The molecule has 3 heteroatoms. The van der Waals surface area contributed by atoms with E-state index in [1.54, 1.807) is 0 Å². The predicted octanol–water partition coefficient (Wildman–Crippen LogP) is 4.20. The van der Waals surface area contributed by atoms with E-state index in [-0.39, 0.29) is 0 Å². The summed E-state index contributed by atoms with van der Waals surface area (Å²) in [5.41, 5.74) is 3.94. The molecule has 0 spiro atoms. The molecule has 0 unspecified atom stereocenters. The SMILES string of the molecule is Cc1cc(-c2ccccc2)nc(Nc2ccccc2)n1. The van der Waals surface area contributed by atoms with Crippen LogP contribution in [0.3, 0.4) is 0 Å². The number of nitrogens with one attached hydrogen (secondary N) is 1. The van der Waals surface area contributed by atoms with Crippen molar-refractivity contribution < 1.29 is 0 Å². The summed E-state index contributed by atoms with van der Waals surface area (Å²) in [7, 11) is 0. The molecule has 3 rings (SSSR count). The van der Waals surface area contributed by atoms with Gasteiger partial charge in [-0.25, -0.2) is 9.97 Å². The monoisotopic (exact) mass is 261 g/mol. The number of hydrogen-bond donors (Lipinski definition) is 1. The number of aryl methyl sites for hydroxylation is 1. The first-order valence-electron chi connectivity index (χ1n) is 6.54. The Morgan fingerprint density at radius 3 is 2.15 bits per heavy atom. The quantitative estimate of drug-likeness (QED) is 0.768. The molecule has 2 aromatic carbocycles. The van der Waals surface area contributed by atoms with E-state index in [4.69, 9.17) is 0 Å². The molecule has 0 aliphatic heterocycles. The van der Waals surface area contributed by atoms with Crippen molar-refractivity contribution in [2.24, 2.45) is 0 Å². The fraction of sp³-hybridized carbons (Fsp3) is 0.0588. The maximum Gasteiger partial charge on any atom is 0.227 e. The molecule has 0 atom stereocenters. The summed E-state index contributed by atoms with van der Waals surface area (Å²) in [6.45, 7) is 1.98. The van der Waals surface area contributed by atoms with Crippen LogP contribution in [0.15, 0.2) is 66.7 Å². The van der Waals surface area contributed by atoms with Crippen LogP contribution in [0.4, 0.5) is 11.6 Å². The van der Waals surface area contributed by atoms with Crippen molar-refractivity contribution in [1.82, 2.24) is 9.97 Å². The average molecular weight is 261 g/mol. The third-order valence-electron chi connectivity index (χ3n) is 2.95. The smallest absolute Gasteiger partial charge is 0.227 e. The van der Waals surface area contributed by atoms with Crippen LogP contribution in [0.1, 0.15) is 5.69 Å². The fourth-order valence-corrected chi connectivity index (χ4v) is 2.03. The largest absolute Gasteiger partial charge is 0.324 e. The highest BCUT2D eigenvalue weighted by molar-refractivity contribution is 5.62. The maximum atomic E-state index is 4.58. The molecule has 0 amide bonds. The molecular formula is C17H15N3. The number of para-hydroxylation sites is 1. The van der Waals surface area contributed by atoms with Gasteiger partial charge in [-0.15, -0.1) is 0 Å². The Bertz CT molecular complexity index is 694. The van der Waals surface area contributed by atoms with Gasteiger partial charge in [0.1, 0.15) is 0 Å². The molecule has 0 saturated carbocycles. The lowest BCUT2D eigenvalue weighted by Gasteiger charge is -2.08. The Hall–Kier alpha value is -2.68. The summed E-state index contributed by atoms with van der Waals surface area (Å²) < 4.78 is 0. The minimum atomic E-state index is 0.620. The zero-order valence-electron chi connectivity index (χ0n) is 11.2. The molecule has 0 aliphatic carbocycles. The van der Waals surface area contributed by atoms with E-state index in [1.807, 2.05) is 73.7 Å². The van der Waals surface area contributed by atoms with Crippen LogP contribution in [0.25, 0.3) is 11.3 Å². The van der Waals surface area contributed by atoms with Gasteiger partial charge in [0.25, 0.3) is 0 Å². The zero-order valence-corrected chi connectivity index (χ0v) is 11.2. The minimum Gasteiger partial charge on any atom is -0.324 e. The van der Waals surface area contributed by atoms with E-state index in [9.17, 15) is 0 Å². The van der Waals surface area contributed by atoms with Gasteiger partial charge in [-0.3, -0.25) is 0 Å². The Morgan fingerprint density at radius 2 is 1.45 bits per heavy atom. The zero-order chi connectivity index (χ0) is 13.8. The van der Waals surface area contributed by atoms with Gasteiger partial charge in [0.2, 0.25) is 5.95 Å². The number of aromatic nitrogens is 2. The molecule has 0 bridgehead atoms. The van der Waals surface area contributed by atoms with Crippen molar-refractivity contribution in [2.75, 3.05) is 5.32 Å². The van der Waals surface area contributed by atoms with Crippen molar-refractivity contribution in [3.8, 4) is 11.3 Å². The molecule has 0 aliphatic rings. The Kier molecular flexibility index (Phi) is 3.42. The lowest BCUT2D eigenvalue weighted by atomic mass is 10.1. The number of anilines is 2. The fourth-order valence-electron chi connectivity index (χ4n) is 2.03. The van der Waals surface area contributed by atoms with Crippen LogP contribution in [0.5, 0.6) is 0 Å². The van der Waals surface area contributed by atoms with Gasteiger partial charge in [-0.1, -0.05) is 48.5 Å². The first kappa shape index (κ1) is 12.4. The van der Waals surface area contributed by atoms with Crippen molar-refractivity contribution in [3.63, 3.8) is 0 Å². The van der Waals surface area contributed by atoms with Crippen LogP contribution in [0.2, 0.25) is 0 Å². The summed E-state index contributed by atoms with van der Waals surface area (Å²) in [6, 6.07) is 22.0. The molecule has 1 heterocycles. The van der Waals surface area contributed by atoms with Gasteiger partial charge in [0, 0.05) is 16.9 Å². The summed E-state index contributed by atoms with van der Waals surface area (Å²) in [6.07, 6.45) is 0. The van der Waals surface area contributed by atoms with Gasteiger partial charge >= 0.3 is 0 Å². The third-order valence-corrected chi connectivity index (χ3v) is 2.95. The van der Waals surface area contributed by atoms with Crippen LogP contribution < -0.4 is 5.32 Å². The molecule has 0 fully saturated rings. The number of nitrogens with zero attached hydrogens (tertiary/aromatic N) is 2. The second kappa shape index (κ2) is 5.53. The van der Waals surface area contributed by atoms with E-state index in [0.29, 0.717) is 5.95 Å². The van der Waals surface area contributed by atoms with Crippen molar-refractivity contribution in [2.45, 2.75) is 6.92 Å². The second-order valence-corrected chi connectivity index (χ2v) is 4.58. The Balaban J connectivity index is 1.95. The molecule has 3 nitrogen and oxygen atoms in total. The molecular weight excluding hydrogens is 246 g/mol. The molecule has 98 valence electrons. The number of rotatable bonds is 3. The average Bonchev–Trinajstić information content (AvgIpc) is 2.49. The Morgan fingerprint density at radius 1 is 0.800 bits per heavy atom. The van der Waals surface area contributed by atoms with E-state index in [0.717, 1.165) is 22.6 Å². The Labute approximate surface area is 118 Å². The summed E-state index contributed by atoms with van der Waals surface area (Å²) in [5, 5.41) is 3.23. The third kappa shape index (κ3) is 2.83. The normalized spacial score (nSPS) is 10.2. The minimum absolute atomic E-state index is 0.620.